The maximum atomic E-state index is 12.8. The molecule has 2 heterocycles. The zero-order valence-corrected chi connectivity index (χ0v) is 14.2. The fourth-order valence-corrected chi connectivity index (χ4v) is 5.52. The number of aliphatic hydroxyl groups is 1. The molecule has 0 saturated carbocycles. The molecule has 1 N–H and O–H groups in total. The van der Waals surface area contributed by atoms with Crippen LogP contribution in [0.15, 0.2) is 11.0 Å². The number of thiophene rings is 1. The third-order valence-corrected chi connectivity index (χ3v) is 6.75. The van der Waals surface area contributed by atoms with E-state index in [1.54, 1.807) is 13.0 Å². The van der Waals surface area contributed by atoms with Gasteiger partial charge in [0.1, 0.15) is 0 Å². The van der Waals surface area contributed by atoms with Crippen LogP contribution in [0.3, 0.4) is 0 Å². The molecule has 1 fully saturated rings. The SMILES string of the molecule is CCCOC1CCCN(S(=O)(=O)c2cc(CO)sc2C)C1. The van der Waals surface area contributed by atoms with Gasteiger partial charge in [-0.15, -0.1) is 11.3 Å². The minimum Gasteiger partial charge on any atom is -0.391 e. The summed E-state index contributed by atoms with van der Waals surface area (Å²) >= 11 is 1.33. The Hall–Kier alpha value is -0.470. The Morgan fingerprint density at radius 3 is 2.90 bits per heavy atom. The number of hydrogen-bond acceptors (Lipinski definition) is 5. The number of rotatable bonds is 6. The number of hydrogen-bond donors (Lipinski definition) is 1. The lowest BCUT2D eigenvalue weighted by Crippen LogP contribution is -2.43. The Bertz CT molecular complexity index is 568. The molecule has 1 unspecified atom stereocenters. The summed E-state index contributed by atoms with van der Waals surface area (Å²) in [6.07, 6.45) is 2.66. The Balaban J connectivity index is 2.16. The topological polar surface area (TPSA) is 66.8 Å². The van der Waals surface area contributed by atoms with Gasteiger partial charge in [0.25, 0.3) is 0 Å². The van der Waals surface area contributed by atoms with E-state index in [4.69, 9.17) is 4.74 Å². The third-order valence-electron chi connectivity index (χ3n) is 3.60. The minimum absolute atomic E-state index is 0.00951. The standard InChI is InChI=1S/C14H23NO4S2/c1-3-7-19-12-5-4-6-15(9-12)21(17,18)14-8-13(10-16)20-11(14)2/h8,12,16H,3-7,9-10H2,1-2H3. The predicted molar refractivity (Wildman–Crippen MR) is 83.0 cm³/mol. The molecule has 0 bridgehead atoms. The van der Waals surface area contributed by atoms with Crippen molar-refractivity contribution < 1.29 is 18.3 Å². The maximum absolute atomic E-state index is 12.8. The largest absolute Gasteiger partial charge is 0.391 e. The lowest BCUT2D eigenvalue weighted by atomic mass is 10.1. The van der Waals surface area contributed by atoms with Gasteiger partial charge in [-0.25, -0.2) is 8.42 Å². The quantitative estimate of drug-likeness (QED) is 0.866. The number of sulfonamides is 1. The van der Waals surface area contributed by atoms with Gasteiger partial charge < -0.3 is 9.84 Å². The van der Waals surface area contributed by atoms with Crippen molar-refractivity contribution in [3.05, 3.63) is 15.8 Å². The van der Waals surface area contributed by atoms with E-state index in [0.717, 1.165) is 24.1 Å². The van der Waals surface area contributed by atoms with Gasteiger partial charge >= 0.3 is 0 Å². The Morgan fingerprint density at radius 2 is 2.29 bits per heavy atom. The van der Waals surface area contributed by atoms with Gasteiger partial charge in [-0.05, 0) is 32.3 Å². The molecule has 120 valence electrons. The van der Waals surface area contributed by atoms with Crippen molar-refractivity contribution in [1.82, 2.24) is 4.31 Å². The zero-order valence-electron chi connectivity index (χ0n) is 12.5. The lowest BCUT2D eigenvalue weighted by Gasteiger charge is -2.31. The number of nitrogens with zero attached hydrogens (tertiary/aromatic N) is 1. The van der Waals surface area contributed by atoms with E-state index in [9.17, 15) is 13.5 Å². The Labute approximate surface area is 130 Å². The second-order valence-electron chi connectivity index (χ2n) is 5.29. The van der Waals surface area contributed by atoms with Crippen LogP contribution in [0.4, 0.5) is 0 Å². The first-order valence-electron chi connectivity index (χ1n) is 7.31. The minimum atomic E-state index is -3.49. The van der Waals surface area contributed by atoms with Crippen LogP contribution >= 0.6 is 11.3 Å². The molecule has 5 nitrogen and oxygen atoms in total. The second-order valence-corrected chi connectivity index (χ2v) is 8.54. The highest BCUT2D eigenvalue weighted by atomic mass is 32.2. The summed E-state index contributed by atoms with van der Waals surface area (Å²) in [6.45, 7) is 5.34. The van der Waals surface area contributed by atoms with Gasteiger partial charge in [0.2, 0.25) is 10.0 Å². The summed E-state index contributed by atoms with van der Waals surface area (Å²) < 4.78 is 32.7. The average molecular weight is 333 g/mol. The zero-order chi connectivity index (χ0) is 15.5. The van der Waals surface area contributed by atoms with Crippen molar-refractivity contribution in [2.24, 2.45) is 0 Å². The van der Waals surface area contributed by atoms with Crippen LogP contribution in [0.1, 0.15) is 35.9 Å². The van der Waals surface area contributed by atoms with E-state index in [1.165, 1.54) is 15.6 Å². The van der Waals surface area contributed by atoms with Gasteiger partial charge in [-0.2, -0.15) is 4.31 Å². The first-order valence-corrected chi connectivity index (χ1v) is 9.56. The Kier molecular flexibility index (Phi) is 5.79. The molecule has 0 aliphatic carbocycles. The van der Waals surface area contributed by atoms with Crippen LogP contribution in [0.25, 0.3) is 0 Å². The molecule has 1 aliphatic rings. The molecule has 0 amide bonds. The molecule has 0 spiro atoms. The highest BCUT2D eigenvalue weighted by Crippen LogP contribution is 2.30. The van der Waals surface area contributed by atoms with Crippen LogP contribution in [-0.4, -0.2) is 43.6 Å². The normalized spacial score (nSPS) is 20.8. The number of piperidine rings is 1. The summed E-state index contributed by atoms with van der Waals surface area (Å²) in [5, 5.41) is 9.17. The van der Waals surface area contributed by atoms with Crippen LogP contribution in [0.5, 0.6) is 0 Å². The lowest BCUT2D eigenvalue weighted by molar-refractivity contribution is 0.0193. The molecule has 0 aromatic carbocycles. The van der Waals surface area contributed by atoms with Crippen molar-refractivity contribution in [2.45, 2.75) is 50.7 Å². The highest BCUT2D eigenvalue weighted by Gasteiger charge is 2.32. The predicted octanol–water partition coefficient (Wildman–Crippen LogP) is 2.13. The van der Waals surface area contributed by atoms with E-state index < -0.39 is 10.0 Å². The van der Waals surface area contributed by atoms with Gasteiger partial charge in [-0.3, -0.25) is 0 Å². The van der Waals surface area contributed by atoms with Crippen LogP contribution < -0.4 is 0 Å². The molecular formula is C14H23NO4S2. The van der Waals surface area contributed by atoms with E-state index in [1.807, 2.05) is 6.92 Å². The van der Waals surface area contributed by atoms with E-state index >= 15 is 0 Å². The summed E-state index contributed by atoms with van der Waals surface area (Å²) in [5.74, 6) is 0. The molecule has 1 saturated heterocycles. The molecule has 21 heavy (non-hydrogen) atoms. The highest BCUT2D eigenvalue weighted by molar-refractivity contribution is 7.89. The van der Waals surface area contributed by atoms with Gasteiger partial charge in [0.15, 0.2) is 0 Å². The second kappa shape index (κ2) is 7.19. The monoisotopic (exact) mass is 333 g/mol. The number of aryl methyl sites for hydroxylation is 1. The van der Waals surface area contributed by atoms with Crippen molar-refractivity contribution >= 4 is 21.4 Å². The average Bonchev–Trinajstić information content (AvgIpc) is 2.87. The Morgan fingerprint density at radius 1 is 1.52 bits per heavy atom. The van der Waals surface area contributed by atoms with Gasteiger partial charge in [0.05, 0.1) is 17.6 Å². The van der Waals surface area contributed by atoms with Gasteiger partial charge in [-0.1, -0.05) is 6.92 Å². The molecule has 1 aliphatic heterocycles. The molecule has 1 atom stereocenters. The number of aliphatic hydroxyl groups excluding tert-OH is 1. The van der Waals surface area contributed by atoms with Crippen LogP contribution in [0, 0.1) is 6.92 Å². The van der Waals surface area contributed by atoms with Crippen molar-refractivity contribution in [2.75, 3.05) is 19.7 Å². The summed E-state index contributed by atoms with van der Waals surface area (Å²) in [5.41, 5.74) is 0. The molecule has 1 aromatic heterocycles. The summed E-state index contributed by atoms with van der Waals surface area (Å²) in [4.78, 5) is 1.74. The van der Waals surface area contributed by atoms with Crippen LogP contribution in [-0.2, 0) is 21.4 Å². The van der Waals surface area contributed by atoms with Crippen molar-refractivity contribution in [1.29, 1.82) is 0 Å². The van der Waals surface area contributed by atoms with Gasteiger partial charge in [0, 0.05) is 29.5 Å². The first kappa shape index (κ1) is 16.9. The van der Waals surface area contributed by atoms with E-state index in [0.29, 0.717) is 29.5 Å². The summed E-state index contributed by atoms with van der Waals surface area (Å²) in [7, 11) is -3.49. The van der Waals surface area contributed by atoms with E-state index in [2.05, 4.69) is 0 Å². The molecule has 7 heteroatoms. The summed E-state index contributed by atoms with van der Waals surface area (Å²) in [6, 6.07) is 1.59. The smallest absolute Gasteiger partial charge is 0.244 e. The number of ether oxygens (including phenoxy) is 1. The fraction of sp³-hybridized carbons (Fsp3) is 0.714. The molecule has 0 radical (unpaired) electrons. The first-order chi connectivity index (χ1) is 9.98. The van der Waals surface area contributed by atoms with Crippen LogP contribution in [0.2, 0.25) is 0 Å². The molecule has 1 aromatic rings. The molecular weight excluding hydrogens is 310 g/mol. The fourth-order valence-electron chi connectivity index (χ4n) is 2.54. The molecule has 2 rings (SSSR count). The third kappa shape index (κ3) is 3.84. The maximum Gasteiger partial charge on any atom is 0.244 e. The van der Waals surface area contributed by atoms with Crippen molar-refractivity contribution in [3.63, 3.8) is 0 Å². The van der Waals surface area contributed by atoms with Crippen molar-refractivity contribution in [3.8, 4) is 0 Å². The van der Waals surface area contributed by atoms with E-state index in [-0.39, 0.29) is 12.7 Å².